The van der Waals surface area contributed by atoms with Gasteiger partial charge in [-0.2, -0.15) is 0 Å². The van der Waals surface area contributed by atoms with Gasteiger partial charge in [0, 0.05) is 23.0 Å². The van der Waals surface area contributed by atoms with Crippen LogP contribution < -0.4 is 10.2 Å². The third-order valence-corrected chi connectivity index (χ3v) is 5.65. The minimum atomic E-state index is -0.00878. The zero-order valence-electron chi connectivity index (χ0n) is 13.7. The van der Waals surface area contributed by atoms with Crippen molar-refractivity contribution < 1.29 is 4.79 Å². The molecule has 0 radical (unpaired) electrons. The molecule has 1 atom stereocenters. The third-order valence-electron chi connectivity index (χ3n) is 4.54. The number of carbonyl (C=O) groups excluding carboxylic acids is 1. The molecule has 1 amide bonds. The highest BCUT2D eigenvalue weighted by Gasteiger charge is 2.27. The zero-order chi connectivity index (χ0) is 17.2. The largest absolute Gasteiger partial charge is 0.351 e. The highest BCUT2D eigenvalue weighted by molar-refractivity contribution is 7.09. The zero-order valence-corrected chi connectivity index (χ0v) is 15.2. The van der Waals surface area contributed by atoms with Gasteiger partial charge in [0.05, 0.1) is 23.5 Å². The predicted molar refractivity (Wildman–Crippen MR) is 102 cm³/mol. The molecule has 1 aliphatic heterocycles. The number of nitrogens with zero attached hydrogens (tertiary/aromatic N) is 2. The van der Waals surface area contributed by atoms with Crippen LogP contribution in [0.25, 0.3) is 11.0 Å². The lowest BCUT2D eigenvalue weighted by atomic mass is 9.97. The number of thiophene rings is 1. The summed E-state index contributed by atoms with van der Waals surface area (Å²) in [5, 5.41) is 5.77. The van der Waals surface area contributed by atoms with Crippen molar-refractivity contribution in [3.63, 3.8) is 0 Å². The number of H-pyrrole nitrogens is 1. The maximum atomic E-state index is 12.5. The average molecular weight is 375 g/mol. The summed E-state index contributed by atoms with van der Waals surface area (Å²) in [6.07, 6.45) is 1.90. The van der Waals surface area contributed by atoms with Gasteiger partial charge < -0.3 is 15.2 Å². The number of hydrogen-bond donors (Lipinski definition) is 2. The van der Waals surface area contributed by atoms with Gasteiger partial charge in [-0.05, 0) is 42.5 Å². The number of amides is 1. The number of benzene rings is 1. The molecule has 1 aliphatic rings. The number of halogens is 1. The summed E-state index contributed by atoms with van der Waals surface area (Å²) in [4.78, 5) is 23.8. The molecule has 0 saturated carbocycles. The Kier molecular flexibility index (Phi) is 4.63. The average Bonchev–Trinajstić information content (AvgIpc) is 3.28. The van der Waals surface area contributed by atoms with E-state index in [2.05, 4.69) is 20.2 Å². The number of piperidine rings is 1. The Bertz CT molecular complexity index is 876. The molecule has 0 spiro atoms. The Balaban J connectivity index is 1.43. The molecule has 1 unspecified atom stereocenters. The van der Waals surface area contributed by atoms with E-state index < -0.39 is 0 Å². The van der Waals surface area contributed by atoms with Crippen molar-refractivity contribution in [3.05, 3.63) is 45.6 Å². The van der Waals surface area contributed by atoms with E-state index in [9.17, 15) is 4.79 Å². The molecule has 3 heterocycles. The molecule has 130 valence electrons. The Morgan fingerprint density at radius 2 is 2.36 bits per heavy atom. The second kappa shape index (κ2) is 7.06. The van der Waals surface area contributed by atoms with Crippen molar-refractivity contribution in [3.8, 4) is 0 Å². The second-order valence-electron chi connectivity index (χ2n) is 6.30. The summed E-state index contributed by atoms with van der Waals surface area (Å²) in [7, 11) is 0. The smallest absolute Gasteiger partial charge is 0.225 e. The van der Waals surface area contributed by atoms with Gasteiger partial charge in [0.25, 0.3) is 0 Å². The maximum Gasteiger partial charge on any atom is 0.225 e. The van der Waals surface area contributed by atoms with Gasteiger partial charge in [0.15, 0.2) is 0 Å². The van der Waals surface area contributed by atoms with Crippen molar-refractivity contribution in [2.24, 2.45) is 5.92 Å². The SMILES string of the molecule is O=C(NCc1cccs1)C1CCCN(c2nc3ccc(Cl)cc3[nH]2)C1. The van der Waals surface area contributed by atoms with Gasteiger partial charge in [-0.1, -0.05) is 17.7 Å². The fraction of sp³-hybridized carbons (Fsp3) is 0.333. The standard InChI is InChI=1S/C18H19ClN4OS/c19-13-5-6-15-16(9-13)22-18(21-15)23-7-1-3-12(11-23)17(24)20-10-14-4-2-8-25-14/h2,4-6,8-9,12H,1,3,7,10-11H2,(H,20,24)(H,21,22). The lowest BCUT2D eigenvalue weighted by molar-refractivity contribution is -0.125. The molecule has 2 aromatic heterocycles. The summed E-state index contributed by atoms with van der Waals surface area (Å²) in [5.41, 5.74) is 1.82. The highest BCUT2D eigenvalue weighted by atomic mass is 35.5. The molecule has 4 rings (SSSR count). The summed E-state index contributed by atoms with van der Waals surface area (Å²) in [6, 6.07) is 9.67. The van der Waals surface area contributed by atoms with E-state index in [1.165, 1.54) is 4.88 Å². The number of anilines is 1. The number of carbonyl (C=O) groups is 1. The van der Waals surface area contributed by atoms with E-state index in [-0.39, 0.29) is 11.8 Å². The van der Waals surface area contributed by atoms with Crippen LogP contribution in [0.2, 0.25) is 5.02 Å². The molecule has 25 heavy (non-hydrogen) atoms. The number of aromatic nitrogens is 2. The number of hydrogen-bond acceptors (Lipinski definition) is 4. The number of fused-ring (bicyclic) bond motifs is 1. The molecule has 0 aliphatic carbocycles. The number of aromatic amines is 1. The van der Waals surface area contributed by atoms with Crippen molar-refractivity contribution in [1.29, 1.82) is 0 Å². The molecule has 1 fully saturated rings. The van der Waals surface area contributed by atoms with Gasteiger partial charge in [-0.3, -0.25) is 4.79 Å². The molecule has 5 nitrogen and oxygen atoms in total. The van der Waals surface area contributed by atoms with Gasteiger partial charge in [-0.25, -0.2) is 4.98 Å². The lowest BCUT2D eigenvalue weighted by Gasteiger charge is -2.31. The van der Waals surface area contributed by atoms with Crippen LogP contribution in [0.4, 0.5) is 5.95 Å². The molecule has 1 saturated heterocycles. The Labute approximate surface area is 155 Å². The second-order valence-corrected chi connectivity index (χ2v) is 7.77. The van der Waals surface area contributed by atoms with Crippen molar-refractivity contribution in [1.82, 2.24) is 15.3 Å². The van der Waals surface area contributed by atoms with Crippen molar-refractivity contribution >= 4 is 45.8 Å². The van der Waals surface area contributed by atoms with Crippen LogP contribution in [-0.4, -0.2) is 29.0 Å². The number of rotatable bonds is 4. The van der Waals surface area contributed by atoms with Gasteiger partial charge in [-0.15, -0.1) is 11.3 Å². The van der Waals surface area contributed by atoms with Crippen molar-refractivity contribution in [2.75, 3.05) is 18.0 Å². The van der Waals surface area contributed by atoms with Crippen LogP contribution >= 0.6 is 22.9 Å². The first kappa shape index (κ1) is 16.4. The Hall–Kier alpha value is -2.05. The van der Waals surface area contributed by atoms with Crippen LogP contribution in [0, 0.1) is 5.92 Å². The lowest BCUT2D eigenvalue weighted by Crippen LogP contribution is -2.43. The normalized spacial score (nSPS) is 17.8. The van der Waals surface area contributed by atoms with Gasteiger partial charge in [0.1, 0.15) is 0 Å². The van der Waals surface area contributed by atoms with Crippen LogP contribution in [-0.2, 0) is 11.3 Å². The molecule has 2 N–H and O–H groups in total. The van der Waals surface area contributed by atoms with E-state index in [4.69, 9.17) is 11.6 Å². The fourth-order valence-corrected chi connectivity index (χ4v) is 4.05. The van der Waals surface area contributed by atoms with E-state index in [0.717, 1.165) is 36.4 Å². The molecule has 1 aromatic carbocycles. The van der Waals surface area contributed by atoms with Gasteiger partial charge in [0.2, 0.25) is 11.9 Å². The predicted octanol–water partition coefficient (Wildman–Crippen LogP) is 3.81. The molecule has 7 heteroatoms. The topological polar surface area (TPSA) is 61.0 Å². The monoisotopic (exact) mass is 374 g/mol. The summed E-state index contributed by atoms with van der Waals surface area (Å²) >= 11 is 7.70. The molecule has 0 bridgehead atoms. The van der Waals surface area contributed by atoms with Crippen LogP contribution in [0.3, 0.4) is 0 Å². The first-order valence-corrected chi connectivity index (χ1v) is 9.65. The van der Waals surface area contributed by atoms with Gasteiger partial charge >= 0.3 is 0 Å². The van der Waals surface area contributed by atoms with E-state index in [1.807, 2.05) is 35.7 Å². The quantitative estimate of drug-likeness (QED) is 0.730. The van der Waals surface area contributed by atoms with Crippen LogP contribution in [0.5, 0.6) is 0 Å². The number of imidazole rings is 1. The van der Waals surface area contributed by atoms with E-state index in [0.29, 0.717) is 18.1 Å². The first-order chi connectivity index (χ1) is 12.2. The van der Waals surface area contributed by atoms with Crippen LogP contribution in [0.15, 0.2) is 35.7 Å². The fourth-order valence-electron chi connectivity index (χ4n) is 3.23. The maximum absolute atomic E-state index is 12.5. The third kappa shape index (κ3) is 3.65. The van der Waals surface area contributed by atoms with E-state index >= 15 is 0 Å². The van der Waals surface area contributed by atoms with E-state index in [1.54, 1.807) is 11.3 Å². The summed E-state index contributed by atoms with van der Waals surface area (Å²) in [5.74, 6) is 0.927. The Morgan fingerprint density at radius 1 is 1.44 bits per heavy atom. The summed E-state index contributed by atoms with van der Waals surface area (Å²) in [6.45, 7) is 2.20. The molecular weight excluding hydrogens is 356 g/mol. The van der Waals surface area contributed by atoms with Crippen LogP contribution in [0.1, 0.15) is 17.7 Å². The minimum absolute atomic E-state index is 0.00878. The Morgan fingerprint density at radius 3 is 3.20 bits per heavy atom. The highest BCUT2D eigenvalue weighted by Crippen LogP contribution is 2.25. The molecule has 3 aromatic rings. The first-order valence-electron chi connectivity index (χ1n) is 8.39. The minimum Gasteiger partial charge on any atom is -0.351 e. The summed E-state index contributed by atoms with van der Waals surface area (Å²) < 4.78 is 0. The van der Waals surface area contributed by atoms with Crippen molar-refractivity contribution in [2.45, 2.75) is 19.4 Å². The number of nitrogens with one attached hydrogen (secondary N) is 2. The molecular formula is C18H19ClN4OS.